The molecule has 1 N–H and O–H groups in total. The van der Waals surface area contributed by atoms with Gasteiger partial charge in [-0.1, -0.05) is 0 Å². The molecule has 0 radical (unpaired) electrons. The van der Waals surface area contributed by atoms with Crippen LogP contribution in [0.4, 0.5) is 0 Å². The van der Waals surface area contributed by atoms with Gasteiger partial charge in [0.05, 0.1) is 6.61 Å². The van der Waals surface area contributed by atoms with Crippen molar-refractivity contribution >= 4 is 23.8 Å². The molecule has 0 aliphatic carbocycles. The van der Waals surface area contributed by atoms with E-state index in [2.05, 4.69) is 4.74 Å². The van der Waals surface area contributed by atoms with Gasteiger partial charge in [0.25, 0.3) is 0 Å². The number of alkyl halides is 1. The van der Waals surface area contributed by atoms with E-state index in [1.165, 1.54) is 0 Å². The number of esters is 1. The predicted molar refractivity (Wildman–Crippen MR) is 35.1 cm³/mol. The average molecular weight is 150 g/mol. The number of halogens is 1. The van der Waals surface area contributed by atoms with Gasteiger partial charge in [0, 0.05) is 6.21 Å². The summed E-state index contributed by atoms with van der Waals surface area (Å²) in [5.74, 6) is -0.561. The van der Waals surface area contributed by atoms with Crippen LogP contribution in [0, 0.1) is 5.41 Å². The Hall–Kier alpha value is -0.570. The van der Waals surface area contributed by atoms with Gasteiger partial charge in [-0.3, -0.25) is 4.79 Å². The smallest absolute Gasteiger partial charge is 0.329 e. The van der Waals surface area contributed by atoms with Gasteiger partial charge in [-0.05, 0) is 6.92 Å². The Balaban J connectivity index is 3.58. The molecule has 0 aromatic carbocycles. The van der Waals surface area contributed by atoms with Crippen LogP contribution >= 0.6 is 11.6 Å². The first-order chi connectivity index (χ1) is 4.22. The summed E-state index contributed by atoms with van der Waals surface area (Å²) in [6.45, 7) is 1.99. The number of rotatable bonds is 3. The maximum Gasteiger partial charge on any atom is 0.329 e. The highest BCUT2D eigenvalue weighted by Gasteiger charge is 2.11. The molecule has 0 aliphatic rings. The largest absolute Gasteiger partial charge is 0.465 e. The summed E-state index contributed by atoms with van der Waals surface area (Å²) in [6.07, 6.45) is 0.833. The zero-order valence-corrected chi connectivity index (χ0v) is 5.81. The van der Waals surface area contributed by atoms with Gasteiger partial charge >= 0.3 is 5.97 Å². The van der Waals surface area contributed by atoms with Gasteiger partial charge in [-0.15, -0.1) is 11.6 Å². The number of ether oxygens (including phenoxy) is 1. The Morgan fingerprint density at radius 3 is 2.89 bits per heavy atom. The van der Waals surface area contributed by atoms with E-state index >= 15 is 0 Å². The van der Waals surface area contributed by atoms with Crippen molar-refractivity contribution < 1.29 is 9.53 Å². The molecule has 0 aromatic heterocycles. The minimum Gasteiger partial charge on any atom is -0.465 e. The van der Waals surface area contributed by atoms with Crippen LogP contribution in [-0.2, 0) is 9.53 Å². The van der Waals surface area contributed by atoms with E-state index in [0.717, 1.165) is 6.21 Å². The Bertz CT molecular complexity index is 116. The van der Waals surface area contributed by atoms with Crippen molar-refractivity contribution in [3.8, 4) is 0 Å². The molecule has 0 saturated carbocycles. The fourth-order valence-electron chi connectivity index (χ4n) is 0.290. The van der Waals surface area contributed by atoms with Crippen molar-refractivity contribution in [2.24, 2.45) is 0 Å². The summed E-state index contributed by atoms with van der Waals surface area (Å²) in [7, 11) is 0. The molecule has 0 aromatic rings. The first kappa shape index (κ1) is 8.43. The van der Waals surface area contributed by atoms with Crippen LogP contribution in [-0.4, -0.2) is 24.2 Å². The quantitative estimate of drug-likeness (QED) is 0.367. The molecular formula is C5H8ClNO2. The molecule has 0 aliphatic heterocycles. The third-order valence-electron chi connectivity index (χ3n) is 0.658. The van der Waals surface area contributed by atoms with Crippen molar-refractivity contribution in [1.82, 2.24) is 0 Å². The molecule has 0 spiro atoms. The lowest BCUT2D eigenvalue weighted by Crippen LogP contribution is -2.18. The van der Waals surface area contributed by atoms with Gasteiger partial charge in [-0.25, -0.2) is 0 Å². The Morgan fingerprint density at radius 2 is 2.56 bits per heavy atom. The van der Waals surface area contributed by atoms with Crippen molar-refractivity contribution in [3.63, 3.8) is 0 Å². The van der Waals surface area contributed by atoms with Crippen molar-refractivity contribution in [1.29, 1.82) is 5.41 Å². The SMILES string of the molecule is CCOC(=O)C(Cl)C=N. The number of carbonyl (C=O) groups is 1. The molecule has 52 valence electrons. The monoisotopic (exact) mass is 149 g/mol. The molecule has 1 atom stereocenters. The molecule has 0 amide bonds. The van der Waals surface area contributed by atoms with Gasteiger partial charge in [-0.2, -0.15) is 0 Å². The molecule has 0 fully saturated rings. The normalized spacial score (nSPS) is 12.2. The minimum absolute atomic E-state index is 0.301. The number of hydrogen-bond acceptors (Lipinski definition) is 3. The maximum absolute atomic E-state index is 10.5. The van der Waals surface area contributed by atoms with Crippen LogP contribution in [0.1, 0.15) is 6.92 Å². The zero-order valence-electron chi connectivity index (χ0n) is 5.06. The Kier molecular flexibility index (Phi) is 4.05. The fraction of sp³-hybridized carbons (Fsp3) is 0.600. The van der Waals surface area contributed by atoms with Crippen LogP contribution in [0.5, 0.6) is 0 Å². The summed E-state index contributed by atoms with van der Waals surface area (Å²) >= 11 is 5.28. The van der Waals surface area contributed by atoms with Gasteiger partial charge < -0.3 is 10.1 Å². The lowest BCUT2D eigenvalue weighted by molar-refractivity contribution is -0.141. The average Bonchev–Trinajstić information content (AvgIpc) is 1.87. The van der Waals surface area contributed by atoms with E-state index in [9.17, 15) is 4.79 Å². The standard InChI is InChI=1S/C5H8ClNO2/c1-2-9-5(8)4(6)3-7/h3-4,7H,2H2,1H3. The maximum atomic E-state index is 10.5. The third kappa shape index (κ3) is 3.08. The molecule has 3 nitrogen and oxygen atoms in total. The van der Waals surface area contributed by atoms with Gasteiger partial charge in [0.1, 0.15) is 0 Å². The van der Waals surface area contributed by atoms with Crippen molar-refractivity contribution in [3.05, 3.63) is 0 Å². The first-order valence-electron chi connectivity index (χ1n) is 2.53. The van der Waals surface area contributed by atoms with E-state index in [0.29, 0.717) is 6.61 Å². The number of carbonyl (C=O) groups excluding carboxylic acids is 1. The van der Waals surface area contributed by atoms with Crippen molar-refractivity contribution in [2.75, 3.05) is 6.61 Å². The molecule has 1 unspecified atom stereocenters. The molecule has 0 rings (SSSR count). The Morgan fingerprint density at radius 1 is 2.00 bits per heavy atom. The van der Waals surface area contributed by atoms with Gasteiger partial charge in [0.2, 0.25) is 0 Å². The number of nitrogens with one attached hydrogen (secondary N) is 1. The lowest BCUT2D eigenvalue weighted by atomic mass is 10.5. The second-order valence-electron chi connectivity index (χ2n) is 1.32. The lowest BCUT2D eigenvalue weighted by Gasteiger charge is -2.00. The number of hydrogen-bond donors (Lipinski definition) is 1. The first-order valence-corrected chi connectivity index (χ1v) is 2.97. The summed E-state index contributed by atoms with van der Waals surface area (Å²) in [5.41, 5.74) is 0. The highest BCUT2D eigenvalue weighted by atomic mass is 35.5. The molecule has 4 heteroatoms. The fourth-order valence-corrected chi connectivity index (χ4v) is 0.353. The molecule has 9 heavy (non-hydrogen) atoms. The summed E-state index contributed by atoms with van der Waals surface area (Å²) in [4.78, 5) is 10.5. The van der Waals surface area contributed by atoms with E-state index < -0.39 is 11.3 Å². The molecule has 0 saturated heterocycles. The van der Waals surface area contributed by atoms with E-state index in [1.807, 2.05) is 0 Å². The zero-order chi connectivity index (χ0) is 7.28. The molecular weight excluding hydrogens is 142 g/mol. The van der Waals surface area contributed by atoms with Crippen LogP contribution < -0.4 is 0 Å². The summed E-state index contributed by atoms with van der Waals surface area (Å²) in [5, 5.41) is 5.63. The van der Waals surface area contributed by atoms with Crippen LogP contribution in [0.15, 0.2) is 0 Å². The van der Waals surface area contributed by atoms with Crippen molar-refractivity contribution in [2.45, 2.75) is 12.3 Å². The van der Waals surface area contributed by atoms with E-state index in [4.69, 9.17) is 17.0 Å². The molecule has 0 bridgehead atoms. The summed E-state index contributed by atoms with van der Waals surface area (Å²) in [6, 6.07) is 0. The van der Waals surface area contributed by atoms with E-state index in [1.54, 1.807) is 6.92 Å². The van der Waals surface area contributed by atoms with E-state index in [-0.39, 0.29) is 0 Å². The van der Waals surface area contributed by atoms with Gasteiger partial charge in [0.15, 0.2) is 5.38 Å². The summed E-state index contributed by atoms with van der Waals surface area (Å²) < 4.78 is 4.47. The van der Waals surface area contributed by atoms with Crippen LogP contribution in [0.2, 0.25) is 0 Å². The highest BCUT2D eigenvalue weighted by Crippen LogP contribution is 1.93. The topological polar surface area (TPSA) is 50.2 Å². The van der Waals surface area contributed by atoms with Crippen LogP contribution in [0.25, 0.3) is 0 Å². The third-order valence-corrected chi connectivity index (χ3v) is 0.962. The minimum atomic E-state index is -0.926. The second-order valence-corrected chi connectivity index (χ2v) is 1.79. The Labute approximate surface area is 58.5 Å². The predicted octanol–water partition coefficient (Wildman–Crippen LogP) is 0.806. The highest BCUT2D eigenvalue weighted by molar-refractivity contribution is 6.37. The van der Waals surface area contributed by atoms with Crippen LogP contribution in [0.3, 0.4) is 0 Å². The molecule has 0 heterocycles. The second kappa shape index (κ2) is 4.32.